The summed E-state index contributed by atoms with van der Waals surface area (Å²) in [7, 11) is 1.66. The van der Waals surface area contributed by atoms with Crippen LogP contribution >= 0.6 is 0 Å². The molecule has 0 aromatic heterocycles. The van der Waals surface area contributed by atoms with Gasteiger partial charge in [-0.25, -0.2) is 9.59 Å². The van der Waals surface area contributed by atoms with Crippen LogP contribution in [0.15, 0.2) is 24.3 Å². The average Bonchev–Trinajstić information content (AvgIpc) is 2.58. The average molecular weight is 228 g/mol. The molecule has 0 saturated heterocycles. The van der Waals surface area contributed by atoms with Crippen LogP contribution in [0.25, 0.3) is 0 Å². The summed E-state index contributed by atoms with van der Waals surface area (Å²) in [5.74, 6) is -1.16. The molecular formula is C11H16O5. The lowest BCUT2D eigenvalue weighted by Gasteiger charge is -2.00. The van der Waals surface area contributed by atoms with Gasteiger partial charge in [0, 0.05) is 19.3 Å². The maximum atomic E-state index is 9.92. The maximum absolute atomic E-state index is 9.92. The number of cyclic esters (lactones) is 2. The third-order valence-corrected chi connectivity index (χ3v) is 1.34. The van der Waals surface area contributed by atoms with E-state index in [9.17, 15) is 9.59 Å². The topological polar surface area (TPSA) is 61.8 Å². The second-order valence-electron chi connectivity index (χ2n) is 3.08. The van der Waals surface area contributed by atoms with Crippen LogP contribution in [0.1, 0.15) is 6.92 Å². The minimum absolute atomic E-state index is 0.579. The van der Waals surface area contributed by atoms with Crippen molar-refractivity contribution in [1.29, 1.82) is 0 Å². The molecule has 1 aliphatic heterocycles. The number of ether oxygens (including phenoxy) is 3. The quantitative estimate of drug-likeness (QED) is 0.302. The molecule has 0 aromatic rings. The van der Waals surface area contributed by atoms with E-state index < -0.39 is 11.9 Å². The Morgan fingerprint density at radius 2 is 1.88 bits per heavy atom. The third kappa shape index (κ3) is 9.11. The first-order valence-corrected chi connectivity index (χ1v) is 4.71. The molecule has 0 aromatic carbocycles. The Kier molecular flexibility index (Phi) is 8.01. The van der Waals surface area contributed by atoms with Gasteiger partial charge in [0.25, 0.3) is 0 Å². The number of methoxy groups -OCH3 is 1. The molecule has 0 N–H and O–H groups in total. The van der Waals surface area contributed by atoms with Crippen molar-refractivity contribution in [3.05, 3.63) is 24.3 Å². The predicted octanol–water partition coefficient (Wildman–Crippen LogP) is 0.851. The molecule has 0 radical (unpaired) electrons. The smallest absolute Gasteiger partial charge is 0.338 e. The van der Waals surface area contributed by atoms with E-state index >= 15 is 0 Å². The van der Waals surface area contributed by atoms with Gasteiger partial charge in [-0.15, -0.1) is 0 Å². The van der Waals surface area contributed by atoms with Gasteiger partial charge in [0.1, 0.15) is 0 Å². The van der Waals surface area contributed by atoms with Gasteiger partial charge in [0.05, 0.1) is 19.8 Å². The van der Waals surface area contributed by atoms with E-state index in [4.69, 9.17) is 9.47 Å². The molecular weight excluding hydrogens is 212 g/mol. The normalized spacial score (nSPS) is 13.1. The van der Waals surface area contributed by atoms with Gasteiger partial charge in [-0.3, -0.25) is 0 Å². The van der Waals surface area contributed by atoms with E-state index in [0.717, 1.165) is 17.7 Å². The summed E-state index contributed by atoms with van der Waals surface area (Å²) in [6.07, 6.45) is 2.17. The molecule has 0 unspecified atom stereocenters. The summed E-state index contributed by atoms with van der Waals surface area (Å²) in [6.45, 7) is 7.58. The lowest BCUT2D eigenvalue weighted by atomic mass is 10.4. The second kappa shape index (κ2) is 8.82. The number of esters is 2. The highest BCUT2D eigenvalue weighted by Gasteiger charge is 2.10. The van der Waals surface area contributed by atoms with Crippen molar-refractivity contribution < 1.29 is 23.8 Å². The van der Waals surface area contributed by atoms with Crippen LogP contribution in [0, 0.1) is 0 Å². The van der Waals surface area contributed by atoms with Gasteiger partial charge in [0.15, 0.2) is 0 Å². The Hall–Kier alpha value is -1.46. The Balaban J connectivity index is 0.000000288. The molecule has 1 heterocycles. The van der Waals surface area contributed by atoms with Gasteiger partial charge in [-0.1, -0.05) is 12.2 Å². The highest BCUT2D eigenvalue weighted by molar-refractivity contribution is 6.04. The molecule has 0 fully saturated rings. The van der Waals surface area contributed by atoms with E-state index in [1.165, 1.54) is 0 Å². The Bertz CT molecular complexity index is 264. The summed E-state index contributed by atoms with van der Waals surface area (Å²) in [5.41, 5.74) is 1.05. The number of carbonyl (C=O) groups is 2. The second-order valence-corrected chi connectivity index (χ2v) is 3.08. The van der Waals surface area contributed by atoms with Gasteiger partial charge in [-0.05, 0) is 6.92 Å². The van der Waals surface area contributed by atoms with Crippen LogP contribution in [0.2, 0.25) is 0 Å². The first-order chi connectivity index (χ1) is 7.56. The lowest BCUT2D eigenvalue weighted by molar-refractivity contribution is -0.150. The van der Waals surface area contributed by atoms with Crippen molar-refractivity contribution in [2.24, 2.45) is 0 Å². The highest BCUT2D eigenvalue weighted by Crippen LogP contribution is 1.92. The van der Waals surface area contributed by atoms with E-state index in [0.29, 0.717) is 19.8 Å². The molecule has 1 aliphatic rings. The summed E-state index contributed by atoms with van der Waals surface area (Å²) < 4.78 is 13.9. The molecule has 0 spiro atoms. The van der Waals surface area contributed by atoms with Crippen molar-refractivity contribution in [2.75, 3.05) is 26.9 Å². The first-order valence-electron chi connectivity index (χ1n) is 4.71. The standard InChI is InChI=1S/C7H14O2.C4H2O3/c1-7(2)6-9-5-4-8-3;5-3-1-2-4(6)7-3/h1,4-6H2,2-3H3;1-2H. The fourth-order valence-corrected chi connectivity index (χ4v) is 0.692. The van der Waals surface area contributed by atoms with Gasteiger partial charge < -0.3 is 14.2 Å². The van der Waals surface area contributed by atoms with Gasteiger partial charge in [-0.2, -0.15) is 0 Å². The molecule has 0 atom stereocenters. The van der Waals surface area contributed by atoms with Crippen molar-refractivity contribution in [2.45, 2.75) is 6.92 Å². The third-order valence-electron chi connectivity index (χ3n) is 1.34. The molecule has 5 heteroatoms. The molecule has 1 rings (SSSR count). The van der Waals surface area contributed by atoms with Crippen molar-refractivity contribution in [1.82, 2.24) is 0 Å². The predicted molar refractivity (Wildman–Crippen MR) is 57.7 cm³/mol. The van der Waals surface area contributed by atoms with Crippen LogP contribution < -0.4 is 0 Å². The number of hydrogen-bond acceptors (Lipinski definition) is 5. The van der Waals surface area contributed by atoms with Crippen molar-refractivity contribution in [3.8, 4) is 0 Å². The molecule has 0 saturated carbocycles. The Labute approximate surface area is 94.7 Å². The highest BCUT2D eigenvalue weighted by atomic mass is 16.6. The summed E-state index contributed by atoms with van der Waals surface area (Å²) in [6, 6.07) is 0. The van der Waals surface area contributed by atoms with E-state index in [2.05, 4.69) is 11.3 Å². The van der Waals surface area contributed by atoms with E-state index in [1.807, 2.05) is 6.92 Å². The zero-order chi connectivity index (χ0) is 12.4. The Morgan fingerprint density at radius 3 is 2.19 bits per heavy atom. The summed E-state index contributed by atoms with van der Waals surface area (Å²) in [4.78, 5) is 19.8. The van der Waals surface area contributed by atoms with Crippen LogP contribution in [0.5, 0.6) is 0 Å². The van der Waals surface area contributed by atoms with Crippen molar-refractivity contribution >= 4 is 11.9 Å². The minimum Gasteiger partial charge on any atom is -0.387 e. The Morgan fingerprint density at radius 1 is 1.31 bits per heavy atom. The zero-order valence-corrected chi connectivity index (χ0v) is 9.52. The maximum Gasteiger partial charge on any atom is 0.338 e. The fourth-order valence-electron chi connectivity index (χ4n) is 0.692. The van der Waals surface area contributed by atoms with Crippen LogP contribution in [-0.2, 0) is 23.8 Å². The lowest BCUT2D eigenvalue weighted by Crippen LogP contribution is -2.02. The van der Waals surface area contributed by atoms with E-state index in [-0.39, 0.29) is 0 Å². The first kappa shape index (κ1) is 14.5. The van der Waals surface area contributed by atoms with Crippen LogP contribution in [0.3, 0.4) is 0 Å². The molecule has 5 nitrogen and oxygen atoms in total. The molecule has 16 heavy (non-hydrogen) atoms. The number of rotatable bonds is 5. The monoisotopic (exact) mass is 228 g/mol. The molecule has 0 aliphatic carbocycles. The van der Waals surface area contributed by atoms with Crippen molar-refractivity contribution in [3.63, 3.8) is 0 Å². The number of carbonyl (C=O) groups excluding carboxylic acids is 2. The minimum atomic E-state index is -0.579. The van der Waals surface area contributed by atoms with Gasteiger partial charge >= 0.3 is 11.9 Å². The SMILES string of the molecule is C=C(C)COCCOC.O=C1C=CC(=O)O1. The van der Waals surface area contributed by atoms with Crippen LogP contribution in [0.4, 0.5) is 0 Å². The molecule has 0 bridgehead atoms. The van der Waals surface area contributed by atoms with Crippen LogP contribution in [-0.4, -0.2) is 38.9 Å². The summed E-state index contributed by atoms with van der Waals surface area (Å²) >= 11 is 0. The van der Waals surface area contributed by atoms with Gasteiger partial charge in [0.2, 0.25) is 0 Å². The van der Waals surface area contributed by atoms with E-state index in [1.54, 1.807) is 7.11 Å². The zero-order valence-electron chi connectivity index (χ0n) is 9.52. The number of hydrogen-bond donors (Lipinski definition) is 0. The largest absolute Gasteiger partial charge is 0.387 e. The molecule has 0 amide bonds. The molecule has 90 valence electrons. The summed E-state index contributed by atoms with van der Waals surface area (Å²) in [5, 5.41) is 0. The fraction of sp³-hybridized carbons (Fsp3) is 0.455.